The fraction of sp³-hybridized carbons (Fsp3) is 0.227. The highest BCUT2D eigenvalue weighted by Gasteiger charge is 2.36. The van der Waals surface area contributed by atoms with Gasteiger partial charge in [0.2, 0.25) is 0 Å². The average molecular weight is 433 g/mol. The van der Waals surface area contributed by atoms with E-state index in [2.05, 4.69) is 15.5 Å². The van der Waals surface area contributed by atoms with Gasteiger partial charge in [0.1, 0.15) is 0 Å². The summed E-state index contributed by atoms with van der Waals surface area (Å²) < 4.78 is 2.48. The van der Waals surface area contributed by atoms with Crippen LogP contribution in [-0.2, 0) is 13.1 Å². The maximum Gasteiger partial charge on any atom is 0.261 e. The van der Waals surface area contributed by atoms with Gasteiger partial charge in [0, 0.05) is 11.6 Å². The minimum absolute atomic E-state index is 0.193. The summed E-state index contributed by atoms with van der Waals surface area (Å²) in [4.78, 5) is 39.4. The predicted molar refractivity (Wildman–Crippen MR) is 114 cm³/mol. The number of rotatable bonds is 6. The van der Waals surface area contributed by atoms with Crippen LogP contribution in [-0.4, -0.2) is 37.4 Å². The van der Waals surface area contributed by atoms with Crippen molar-refractivity contribution in [3.05, 3.63) is 81.4 Å². The molecule has 0 bridgehead atoms. The summed E-state index contributed by atoms with van der Waals surface area (Å²) in [7, 11) is 0. The van der Waals surface area contributed by atoms with Gasteiger partial charge >= 0.3 is 0 Å². The fourth-order valence-corrected chi connectivity index (χ4v) is 4.07. The number of nitrogens with one attached hydrogen (secondary N) is 2. The first-order valence-electron chi connectivity index (χ1n) is 10.0. The first kappa shape index (κ1) is 19.4. The Bertz CT molecular complexity index is 1260. The number of aromatic amines is 1. The molecule has 2 aromatic carbocycles. The van der Waals surface area contributed by atoms with Gasteiger partial charge in [-0.05, 0) is 48.8 Å². The number of hydrogen-bond acceptors (Lipinski definition) is 5. The van der Waals surface area contributed by atoms with Crippen molar-refractivity contribution in [3.8, 4) is 0 Å². The SMILES string of the molecule is O=C(NCc1n[nH]c(=S)n1C1CC1)c1ccc2c(c1)C(=O)N(Cc1ccccc1)C2=O. The molecule has 3 amide bonds. The molecular weight excluding hydrogens is 414 g/mol. The summed E-state index contributed by atoms with van der Waals surface area (Å²) in [5.74, 6) is -0.424. The van der Waals surface area contributed by atoms with Crippen molar-refractivity contribution in [1.29, 1.82) is 0 Å². The highest BCUT2D eigenvalue weighted by Crippen LogP contribution is 2.35. The van der Waals surface area contributed by atoms with E-state index in [9.17, 15) is 14.4 Å². The lowest BCUT2D eigenvalue weighted by Gasteiger charge is -2.13. The number of imide groups is 1. The van der Waals surface area contributed by atoms with Crippen LogP contribution in [0, 0.1) is 4.77 Å². The molecule has 0 unspecified atom stereocenters. The monoisotopic (exact) mass is 433 g/mol. The Hall–Kier alpha value is -3.59. The van der Waals surface area contributed by atoms with Gasteiger partial charge in [-0.15, -0.1) is 0 Å². The molecular formula is C22H19N5O3S. The molecule has 2 heterocycles. The topological polar surface area (TPSA) is 100 Å². The van der Waals surface area contributed by atoms with Crippen molar-refractivity contribution in [3.63, 3.8) is 0 Å². The number of amides is 3. The van der Waals surface area contributed by atoms with Gasteiger partial charge in [-0.2, -0.15) is 5.10 Å². The van der Waals surface area contributed by atoms with Gasteiger partial charge in [0.25, 0.3) is 17.7 Å². The third-order valence-electron chi connectivity index (χ3n) is 5.51. The number of nitrogens with zero attached hydrogens (tertiary/aromatic N) is 3. The van der Waals surface area contributed by atoms with E-state index < -0.39 is 5.91 Å². The molecule has 1 aliphatic carbocycles. The molecule has 31 heavy (non-hydrogen) atoms. The molecule has 1 fully saturated rings. The zero-order chi connectivity index (χ0) is 21.5. The van der Waals surface area contributed by atoms with Gasteiger partial charge in [-0.25, -0.2) is 0 Å². The van der Waals surface area contributed by atoms with Gasteiger partial charge in [-0.3, -0.25) is 28.9 Å². The second-order valence-corrected chi connectivity index (χ2v) is 8.06. The van der Waals surface area contributed by atoms with E-state index in [0.29, 0.717) is 27.8 Å². The second-order valence-electron chi connectivity index (χ2n) is 7.67. The third-order valence-corrected chi connectivity index (χ3v) is 5.80. The average Bonchev–Trinajstić information content (AvgIpc) is 3.52. The molecule has 0 spiro atoms. The van der Waals surface area contributed by atoms with Crippen molar-refractivity contribution >= 4 is 29.9 Å². The summed E-state index contributed by atoms with van der Waals surface area (Å²) >= 11 is 5.26. The van der Waals surface area contributed by atoms with Crippen LogP contribution in [0.1, 0.15) is 61.3 Å². The van der Waals surface area contributed by atoms with Crippen LogP contribution in [0.3, 0.4) is 0 Å². The van der Waals surface area contributed by atoms with Crippen LogP contribution in [0.4, 0.5) is 0 Å². The molecule has 8 nitrogen and oxygen atoms in total. The van der Waals surface area contributed by atoms with Crippen molar-refractivity contribution in [2.45, 2.75) is 32.0 Å². The number of fused-ring (bicyclic) bond motifs is 1. The van der Waals surface area contributed by atoms with Crippen LogP contribution in [0.15, 0.2) is 48.5 Å². The first-order chi connectivity index (χ1) is 15.0. The van der Waals surface area contributed by atoms with E-state index in [1.54, 1.807) is 6.07 Å². The number of hydrogen-bond donors (Lipinski definition) is 2. The van der Waals surface area contributed by atoms with Gasteiger partial charge in [0.05, 0.1) is 24.2 Å². The highest BCUT2D eigenvalue weighted by atomic mass is 32.1. The zero-order valence-electron chi connectivity index (χ0n) is 16.5. The molecule has 0 saturated heterocycles. The summed E-state index contributed by atoms with van der Waals surface area (Å²) in [6.07, 6.45) is 2.10. The molecule has 5 rings (SSSR count). The Labute approximate surface area is 182 Å². The maximum absolute atomic E-state index is 12.8. The van der Waals surface area contributed by atoms with Crippen LogP contribution in [0.2, 0.25) is 0 Å². The summed E-state index contributed by atoms with van der Waals surface area (Å²) in [5.41, 5.74) is 1.73. The number of benzene rings is 2. The Balaban J connectivity index is 1.32. The molecule has 1 aliphatic heterocycles. The van der Waals surface area contributed by atoms with Crippen molar-refractivity contribution in [2.24, 2.45) is 0 Å². The van der Waals surface area contributed by atoms with Gasteiger partial charge in [-0.1, -0.05) is 30.3 Å². The van der Waals surface area contributed by atoms with E-state index in [1.807, 2.05) is 34.9 Å². The Morgan fingerprint density at radius 3 is 2.58 bits per heavy atom. The lowest BCUT2D eigenvalue weighted by Crippen LogP contribution is -2.29. The molecule has 2 aliphatic rings. The Kier molecular flexibility index (Phi) is 4.74. The Morgan fingerprint density at radius 1 is 1.10 bits per heavy atom. The molecule has 156 valence electrons. The summed E-state index contributed by atoms with van der Waals surface area (Å²) in [6.45, 7) is 0.408. The quantitative estimate of drug-likeness (QED) is 0.460. The van der Waals surface area contributed by atoms with Crippen molar-refractivity contribution < 1.29 is 14.4 Å². The van der Waals surface area contributed by atoms with E-state index in [-0.39, 0.29) is 30.5 Å². The third kappa shape index (κ3) is 3.57. The lowest BCUT2D eigenvalue weighted by molar-refractivity contribution is 0.0642. The number of aromatic nitrogens is 3. The van der Waals surface area contributed by atoms with Gasteiger partial charge < -0.3 is 5.32 Å². The molecule has 2 N–H and O–H groups in total. The van der Waals surface area contributed by atoms with Crippen molar-refractivity contribution in [2.75, 3.05) is 0 Å². The predicted octanol–water partition coefficient (Wildman–Crippen LogP) is 3.00. The molecule has 9 heteroatoms. The zero-order valence-corrected chi connectivity index (χ0v) is 17.3. The van der Waals surface area contributed by atoms with E-state index in [1.165, 1.54) is 17.0 Å². The van der Waals surface area contributed by atoms with E-state index >= 15 is 0 Å². The van der Waals surface area contributed by atoms with Crippen LogP contribution >= 0.6 is 12.2 Å². The molecule has 3 aromatic rings. The van der Waals surface area contributed by atoms with E-state index in [4.69, 9.17) is 12.2 Å². The number of H-pyrrole nitrogens is 1. The standard InChI is InChI=1S/C22H19N5O3S/c28-19(23-11-18-24-25-22(31)27(18)15-7-8-15)14-6-9-16-17(10-14)21(30)26(20(16)29)12-13-4-2-1-3-5-13/h1-6,9-10,15H,7-8,11-12H2,(H,23,28)(H,25,31). The lowest BCUT2D eigenvalue weighted by atomic mass is 10.1. The first-order valence-corrected chi connectivity index (χ1v) is 10.4. The van der Waals surface area contributed by atoms with Crippen LogP contribution < -0.4 is 5.32 Å². The largest absolute Gasteiger partial charge is 0.345 e. The number of carbonyl (C=O) groups excluding carboxylic acids is 3. The molecule has 1 aromatic heterocycles. The minimum Gasteiger partial charge on any atom is -0.345 e. The van der Waals surface area contributed by atoms with Gasteiger partial charge in [0.15, 0.2) is 10.6 Å². The summed E-state index contributed by atoms with van der Waals surface area (Å²) in [5, 5.41) is 9.79. The maximum atomic E-state index is 12.8. The van der Waals surface area contributed by atoms with E-state index in [0.717, 1.165) is 18.4 Å². The fourth-order valence-electron chi connectivity index (χ4n) is 3.77. The number of carbonyl (C=O) groups is 3. The van der Waals surface area contributed by atoms with Crippen molar-refractivity contribution in [1.82, 2.24) is 25.0 Å². The molecule has 0 radical (unpaired) electrons. The van der Waals surface area contributed by atoms with Crippen LogP contribution in [0.25, 0.3) is 0 Å². The highest BCUT2D eigenvalue weighted by molar-refractivity contribution is 7.71. The smallest absolute Gasteiger partial charge is 0.261 e. The summed E-state index contributed by atoms with van der Waals surface area (Å²) in [6, 6.07) is 14.2. The molecule has 1 saturated carbocycles. The Morgan fingerprint density at radius 2 is 1.84 bits per heavy atom. The second kappa shape index (κ2) is 7.59. The molecule has 0 atom stereocenters. The normalized spacial score (nSPS) is 15.3. The minimum atomic E-state index is -0.395. The van der Waals surface area contributed by atoms with Crippen LogP contribution in [0.5, 0.6) is 0 Å².